The first-order chi connectivity index (χ1) is 44.5. The number of hydrogen-bond acceptors (Lipinski definition) is 28. The minimum Gasteiger partial charge on any atom is -0.487 e. The second kappa shape index (κ2) is 32.3. The van der Waals surface area contributed by atoms with Gasteiger partial charge in [0, 0.05) is 88.1 Å². The molecular weight excluding hydrogens is 1210 g/mol. The van der Waals surface area contributed by atoms with Crippen LogP contribution in [-0.2, 0) is 67.5 Å². The molecule has 32 nitrogen and oxygen atoms in total. The Bertz CT molecular complexity index is 3220. The molecule has 1 aliphatic carbocycles. The zero-order valence-corrected chi connectivity index (χ0v) is 52.0. The van der Waals surface area contributed by atoms with Crippen LogP contribution < -0.4 is 44.0 Å². The number of nitrogens with zero attached hydrogens (tertiary/aromatic N) is 12. The molecule has 2 aromatic carbocycles. The highest BCUT2D eigenvalue weighted by Crippen LogP contribution is 2.36. The Balaban J connectivity index is 0.00000946. The maximum absolute atomic E-state index is 12.0. The minimum absolute atomic E-state index is 0. The van der Waals surface area contributed by atoms with Gasteiger partial charge in [-0.3, -0.25) is 9.36 Å². The first kappa shape index (κ1) is 70.0. The number of hydrogen-bond donors (Lipinski definition) is 13. The van der Waals surface area contributed by atoms with Gasteiger partial charge in [-0.2, -0.15) is 0 Å². The summed E-state index contributed by atoms with van der Waals surface area (Å²) in [5.74, 6) is 1.58. The summed E-state index contributed by atoms with van der Waals surface area (Å²) >= 11 is 0. The van der Waals surface area contributed by atoms with Crippen molar-refractivity contribution in [3.63, 3.8) is 0 Å². The van der Waals surface area contributed by atoms with E-state index in [0.717, 1.165) is 137 Å². The first-order valence-corrected chi connectivity index (χ1v) is 32.3. The van der Waals surface area contributed by atoms with E-state index in [0.29, 0.717) is 18.7 Å². The third kappa shape index (κ3) is 17.1. The largest absolute Gasteiger partial charge is 0.487 e. The fraction of sp³-hybridized carbons (Fsp3) is 0.689. The Morgan fingerprint density at radius 1 is 0.559 bits per heavy atom. The second-order valence-corrected chi connectivity index (χ2v) is 25.2. The monoisotopic (exact) mass is 1300 g/mol. The van der Waals surface area contributed by atoms with Gasteiger partial charge < -0.3 is 113 Å². The summed E-state index contributed by atoms with van der Waals surface area (Å²) < 4.78 is 48.3. The number of nitrogens with two attached hydrogens (primary N) is 6. The lowest BCUT2D eigenvalue weighted by Crippen LogP contribution is -2.68. The summed E-state index contributed by atoms with van der Waals surface area (Å²) in [6, 6.07) is 10.1. The molecule has 5 fully saturated rings. The molecule has 19 atom stereocenters. The lowest BCUT2D eigenvalue weighted by Gasteiger charge is -2.47. The lowest BCUT2D eigenvalue weighted by molar-refractivity contribution is -0.306. The van der Waals surface area contributed by atoms with Crippen molar-refractivity contribution < 1.29 is 63.8 Å². The van der Waals surface area contributed by atoms with Crippen LogP contribution in [-0.4, -0.2) is 253 Å². The van der Waals surface area contributed by atoms with Crippen molar-refractivity contribution in [1.82, 2.24) is 59.8 Å². The number of aromatic amines is 1. The Hall–Kier alpha value is -5.83. The Kier molecular flexibility index (Phi) is 24.3. The standard InChI is InChI=1S/C60H93N19O13.CH4/c1-75-20-22-76(23-21-75)37-14-17-41-42(24-37)68-57(67-41)33-12-15-38(16-13-33)86-32-36-30-78(73-71-36)19-9-5-3-2-4-8-18-77-28-34(69-72-77)10-6-7-11-35-29-79(74-70-35)31-45-55(91-59-47(66)52(84)50(82)44(27-62)88-59)53(85)60(89-45)92-56-48(80)39(63)25-40(64)54(56)90-58-46(65)51(83)49(81)43(26-61)87-58;/h12-17,24,28-30,39-40,43-56,58-60,80-85H,2-11,18-23,25-27,31-32,61-66H2,1H3,(H,67,68);1H4/t39-,40?,43?,44+,45-,46?,47?,48?,49-,50-,51-,52?,53+,54-,55+,56-,58-,59-,60?;/m1./s1. The number of aliphatic hydroxyl groups excluding tert-OH is 6. The molecule has 1 saturated carbocycles. The second-order valence-electron chi connectivity index (χ2n) is 25.2. The van der Waals surface area contributed by atoms with Gasteiger partial charge in [0.25, 0.3) is 0 Å². The van der Waals surface area contributed by atoms with E-state index in [2.05, 4.69) is 71.0 Å². The Morgan fingerprint density at radius 2 is 1.10 bits per heavy atom. The van der Waals surface area contributed by atoms with E-state index in [-0.39, 0.29) is 33.5 Å². The summed E-state index contributed by atoms with van der Waals surface area (Å²) in [6.45, 7) is 5.70. The fourth-order valence-corrected chi connectivity index (χ4v) is 12.7. The van der Waals surface area contributed by atoms with Crippen LogP contribution in [0.15, 0.2) is 61.1 Å². The number of aliphatic hydroxyl groups is 6. The van der Waals surface area contributed by atoms with Gasteiger partial charge >= 0.3 is 0 Å². The van der Waals surface area contributed by atoms with Crippen LogP contribution in [0.2, 0.25) is 0 Å². The average molecular weight is 1300 g/mol. The molecular formula is C61H97N19O13. The van der Waals surface area contributed by atoms with Crippen LogP contribution in [0.1, 0.15) is 82.3 Å². The van der Waals surface area contributed by atoms with Crippen molar-refractivity contribution in [3.05, 3.63) is 78.1 Å². The van der Waals surface area contributed by atoms with Crippen molar-refractivity contribution in [2.45, 2.75) is 221 Å². The minimum atomic E-state index is -1.61. The molecule has 7 unspecified atom stereocenters. The molecule has 0 bridgehead atoms. The van der Waals surface area contributed by atoms with Gasteiger partial charge in [0.1, 0.15) is 91.0 Å². The molecule has 19 N–H and O–H groups in total. The predicted molar refractivity (Wildman–Crippen MR) is 338 cm³/mol. The maximum atomic E-state index is 12.0. The topological polar surface area (TPSA) is 469 Å². The molecule has 93 heavy (non-hydrogen) atoms. The molecule has 0 spiro atoms. The highest BCUT2D eigenvalue weighted by molar-refractivity contribution is 5.83. The number of ether oxygens (including phenoxy) is 7. The summed E-state index contributed by atoms with van der Waals surface area (Å²) in [7, 11) is 2.17. The van der Waals surface area contributed by atoms with Gasteiger partial charge in [-0.1, -0.05) is 48.8 Å². The van der Waals surface area contributed by atoms with E-state index in [1.807, 2.05) is 46.0 Å². The number of nitrogens with one attached hydrogen (secondary N) is 1. The molecule has 514 valence electrons. The van der Waals surface area contributed by atoms with E-state index in [9.17, 15) is 30.6 Å². The van der Waals surface area contributed by atoms with Gasteiger partial charge in [0.2, 0.25) is 0 Å². The number of H-pyrrole nitrogens is 1. The zero-order chi connectivity index (χ0) is 64.6. The van der Waals surface area contributed by atoms with Gasteiger partial charge in [-0.05, 0) is 94.5 Å². The lowest BCUT2D eigenvalue weighted by atomic mass is 9.84. The van der Waals surface area contributed by atoms with Crippen LogP contribution in [0.3, 0.4) is 0 Å². The number of imidazole rings is 1. The van der Waals surface area contributed by atoms with E-state index in [4.69, 9.17) is 72.5 Å². The quantitative estimate of drug-likeness (QED) is 0.0220. The number of rotatable bonds is 29. The molecule has 4 aliphatic heterocycles. The fourth-order valence-electron chi connectivity index (χ4n) is 12.7. The third-order valence-corrected chi connectivity index (χ3v) is 18.3. The van der Waals surface area contributed by atoms with Gasteiger partial charge in [-0.25, -0.2) is 9.67 Å². The summed E-state index contributed by atoms with van der Waals surface area (Å²) in [4.78, 5) is 13.1. The van der Waals surface area contributed by atoms with Crippen molar-refractivity contribution in [2.75, 3.05) is 51.2 Å². The first-order valence-electron chi connectivity index (χ1n) is 32.3. The van der Waals surface area contributed by atoms with Crippen LogP contribution in [0.4, 0.5) is 5.69 Å². The summed E-state index contributed by atoms with van der Waals surface area (Å²) in [5.41, 5.74) is 43.6. The molecule has 11 rings (SSSR count). The third-order valence-electron chi connectivity index (χ3n) is 18.3. The highest BCUT2D eigenvalue weighted by Gasteiger charge is 2.55. The number of aryl methyl sites for hydroxylation is 4. The van der Waals surface area contributed by atoms with Crippen molar-refractivity contribution in [1.29, 1.82) is 0 Å². The van der Waals surface area contributed by atoms with Gasteiger partial charge in [0.15, 0.2) is 18.9 Å². The molecule has 5 aliphatic rings. The normalized spacial score (nSPS) is 31.9. The summed E-state index contributed by atoms with van der Waals surface area (Å²) in [5, 5.41) is 92.1. The number of unbranched alkanes of at least 4 members (excludes halogenated alkanes) is 6. The number of likely N-dealkylation sites (N-methyl/N-ethyl adjacent to an activating group) is 1. The molecule has 4 aromatic heterocycles. The molecule has 32 heteroatoms. The van der Waals surface area contributed by atoms with E-state index >= 15 is 0 Å². The molecule has 8 heterocycles. The average Bonchev–Trinajstić information content (AvgIpc) is 1.79. The summed E-state index contributed by atoms with van der Waals surface area (Å²) in [6.07, 6.45) is -4.83. The van der Waals surface area contributed by atoms with Crippen LogP contribution in [0, 0.1) is 0 Å². The van der Waals surface area contributed by atoms with Gasteiger partial charge in [0.05, 0.1) is 53.4 Å². The zero-order valence-electron chi connectivity index (χ0n) is 52.0. The van der Waals surface area contributed by atoms with Crippen molar-refractivity contribution >= 4 is 16.7 Å². The van der Waals surface area contributed by atoms with Crippen LogP contribution in [0.5, 0.6) is 5.75 Å². The van der Waals surface area contributed by atoms with E-state index < -0.39 is 116 Å². The number of anilines is 1. The molecule has 4 saturated heterocycles. The predicted octanol–water partition coefficient (Wildman–Crippen LogP) is -2.30. The van der Waals surface area contributed by atoms with Crippen LogP contribution in [0.25, 0.3) is 22.4 Å². The smallest absolute Gasteiger partial charge is 0.187 e. The molecule has 6 aromatic rings. The number of benzene rings is 2. The van der Waals surface area contributed by atoms with Crippen molar-refractivity contribution in [2.24, 2.45) is 34.4 Å². The number of fused-ring (bicyclic) bond motifs is 1. The van der Waals surface area contributed by atoms with Crippen molar-refractivity contribution in [3.8, 4) is 17.1 Å². The van der Waals surface area contributed by atoms with Gasteiger partial charge in [-0.15, -0.1) is 15.3 Å². The maximum Gasteiger partial charge on any atom is 0.187 e. The molecule has 0 radical (unpaired) electrons. The number of piperazine rings is 1. The SMILES string of the molecule is C.CN1CCN(c2ccc3nc(-c4ccc(OCc5cn(CCCCCCCCn6cc(CCCCc7cn(C[C@H]8OC(O[C@@H]9C(O)[C@H](N)CC(N)[C@H]9O[C@H]9OC(CN)[C@@H](O)[C@H](O)C9N)[C@@H](O)[C@H]8O[C@H]8O[C@@H](CN)[C@@H](O)C(O)C8N)nn7)nn6)nn5)cc4)[nH]c3c2)CC1. The Morgan fingerprint density at radius 3 is 1.71 bits per heavy atom. The highest BCUT2D eigenvalue weighted by atomic mass is 16.8. The van der Waals surface area contributed by atoms with E-state index in [1.165, 1.54) is 10.4 Å². The Labute approximate surface area is 540 Å². The molecule has 0 amide bonds. The van der Waals surface area contributed by atoms with E-state index in [1.54, 1.807) is 6.20 Å². The van der Waals surface area contributed by atoms with Crippen LogP contribution >= 0.6 is 0 Å². The number of aromatic nitrogens is 11.